The van der Waals surface area contributed by atoms with Gasteiger partial charge in [0.15, 0.2) is 11.5 Å². The Labute approximate surface area is 193 Å². The standard InChI is InChI=1S/C23H20BrClN2O4/c1-29-21-10-6-17(12-22(21)30-2)23(28)27-26-13-16-5-9-20(19(25)11-16)31-14-15-3-7-18(24)8-4-15/h3-13H,14H2,1-2H3,(H,27,28)/b26-13+. The predicted molar refractivity (Wildman–Crippen MR) is 125 cm³/mol. The second kappa shape index (κ2) is 10.8. The van der Waals surface area contributed by atoms with Gasteiger partial charge < -0.3 is 14.2 Å². The van der Waals surface area contributed by atoms with Crippen molar-refractivity contribution in [1.82, 2.24) is 5.43 Å². The average Bonchev–Trinajstić information content (AvgIpc) is 2.79. The van der Waals surface area contributed by atoms with Crippen LogP contribution in [-0.2, 0) is 6.61 Å². The van der Waals surface area contributed by atoms with Gasteiger partial charge in [-0.1, -0.05) is 39.7 Å². The molecule has 3 aromatic carbocycles. The number of nitrogens with zero attached hydrogens (tertiary/aromatic N) is 1. The van der Waals surface area contributed by atoms with Gasteiger partial charge in [0.1, 0.15) is 12.4 Å². The number of hydrogen-bond acceptors (Lipinski definition) is 5. The number of halogens is 2. The SMILES string of the molecule is COc1ccc(C(=O)N/N=C/c2ccc(OCc3ccc(Br)cc3)c(Cl)c2)cc1OC. The summed E-state index contributed by atoms with van der Waals surface area (Å²) in [4.78, 5) is 12.3. The highest BCUT2D eigenvalue weighted by molar-refractivity contribution is 9.10. The van der Waals surface area contributed by atoms with E-state index in [1.807, 2.05) is 24.3 Å². The Kier molecular flexibility index (Phi) is 7.92. The highest BCUT2D eigenvalue weighted by Crippen LogP contribution is 2.28. The first-order valence-corrected chi connectivity index (χ1v) is 10.4. The summed E-state index contributed by atoms with van der Waals surface area (Å²) in [5.41, 5.74) is 4.62. The quantitative estimate of drug-likeness (QED) is 0.327. The summed E-state index contributed by atoms with van der Waals surface area (Å²) in [6.45, 7) is 0.405. The summed E-state index contributed by atoms with van der Waals surface area (Å²) in [7, 11) is 3.04. The van der Waals surface area contributed by atoms with E-state index in [0.717, 1.165) is 10.0 Å². The molecule has 0 aromatic heterocycles. The first-order valence-electron chi connectivity index (χ1n) is 9.22. The van der Waals surface area contributed by atoms with Gasteiger partial charge >= 0.3 is 0 Å². The number of nitrogens with one attached hydrogen (secondary N) is 1. The number of carbonyl (C=O) groups excluding carboxylic acids is 1. The summed E-state index contributed by atoms with van der Waals surface area (Å²) < 4.78 is 17.2. The number of ether oxygens (including phenoxy) is 3. The Hall–Kier alpha value is -3.03. The van der Waals surface area contributed by atoms with E-state index in [0.29, 0.717) is 40.0 Å². The summed E-state index contributed by atoms with van der Waals surface area (Å²) in [5, 5.41) is 4.44. The van der Waals surface area contributed by atoms with Crippen molar-refractivity contribution in [2.45, 2.75) is 6.61 Å². The molecule has 0 aliphatic rings. The first-order chi connectivity index (χ1) is 15.0. The van der Waals surface area contributed by atoms with Crippen LogP contribution < -0.4 is 19.6 Å². The summed E-state index contributed by atoms with van der Waals surface area (Å²) in [6.07, 6.45) is 1.50. The number of carbonyl (C=O) groups is 1. The lowest BCUT2D eigenvalue weighted by Crippen LogP contribution is -2.17. The lowest BCUT2D eigenvalue weighted by molar-refractivity contribution is 0.0954. The molecule has 0 fully saturated rings. The summed E-state index contributed by atoms with van der Waals surface area (Å²) >= 11 is 9.72. The van der Waals surface area contributed by atoms with Crippen LogP contribution in [0.15, 0.2) is 70.2 Å². The Morgan fingerprint density at radius 3 is 2.39 bits per heavy atom. The summed E-state index contributed by atoms with van der Waals surface area (Å²) in [5.74, 6) is 1.19. The van der Waals surface area contributed by atoms with Crippen LogP contribution in [0.25, 0.3) is 0 Å². The van der Waals surface area contributed by atoms with E-state index >= 15 is 0 Å². The molecular formula is C23H20BrClN2O4. The van der Waals surface area contributed by atoms with Crippen molar-refractivity contribution in [2.75, 3.05) is 14.2 Å². The molecule has 0 saturated carbocycles. The third-order valence-corrected chi connectivity index (χ3v) is 5.11. The zero-order valence-corrected chi connectivity index (χ0v) is 19.2. The maximum Gasteiger partial charge on any atom is 0.271 e. The molecule has 0 spiro atoms. The number of hydrazone groups is 1. The van der Waals surface area contributed by atoms with Crippen molar-refractivity contribution in [3.63, 3.8) is 0 Å². The third-order valence-electron chi connectivity index (χ3n) is 4.29. The van der Waals surface area contributed by atoms with E-state index in [2.05, 4.69) is 26.5 Å². The van der Waals surface area contributed by atoms with E-state index in [1.54, 1.807) is 36.4 Å². The zero-order chi connectivity index (χ0) is 22.2. The topological polar surface area (TPSA) is 69.2 Å². The smallest absolute Gasteiger partial charge is 0.271 e. The normalized spacial score (nSPS) is 10.7. The molecule has 3 rings (SSSR count). The lowest BCUT2D eigenvalue weighted by Gasteiger charge is -2.09. The maximum atomic E-state index is 12.3. The molecule has 0 unspecified atom stereocenters. The Bertz CT molecular complexity index is 1090. The first kappa shape index (κ1) is 22.7. The Morgan fingerprint density at radius 2 is 1.71 bits per heavy atom. The molecule has 160 valence electrons. The van der Waals surface area contributed by atoms with E-state index in [-0.39, 0.29) is 5.91 Å². The van der Waals surface area contributed by atoms with E-state index in [9.17, 15) is 4.79 Å². The van der Waals surface area contributed by atoms with Crippen LogP contribution in [0.5, 0.6) is 17.2 Å². The molecule has 0 atom stereocenters. The van der Waals surface area contributed by atoms with Crippen LogP contribution >= 0.6 is 27.5 Å². The van der Waals surface area contributed by atoms with Crippen molar-refractivity contribution in [1.29, 1.82) is 0 Å². The predicted octanol–water partition coefficient (Wildman–Crippen LogP) is 5.46. The molecule has 3 aromatic rings. The van der Waals surface area contributed by atoms with Crippen LogP contribution in [0.3, 0.4) is 0 Å². The zero-order valence-electron chi connectivity index (χ0n) is 16.9. The third kappa shape index (κ3) is 6.23. The summed E-state index contributed by atoms with van der Waals surface area (Å²) in [6, 6.07) is 18.0. The van der Waals surface area contributed by atoms with Gasteiger partial charge in [-0.15, -0.1) is 0 Å². The number of benzene rings is 3. The van der Waals surface area contributed by atoms with Crippen molar-refractivity contribution >= 4 is 39.7 Å². The van der Waals surface area contributed by atoms with Gasteiger partial charge in [-0.2, -0.15) is 5.10 Å². The van der Waals surface area contributed by atoms with Crippen LogP contribution in [0.1, 0.15) is 21.5 Å². The van der Waals surface area contributed by atoms with Gasteiger partial charge in [0.05, 0.1) is 25.5 Å². The second-order valence-corrected chi connectivity index (χ2v) is 7.70. The molecule has 0 radical (unpaired) electrons. The molecule has 0 saturated heterocycles. The van der Waals surface area contributed by atoms with Crippen LogP contribution in [0.4, 0.5) is 0 Å². The van der Waals surface area contributed by atoms with Gasteiger partial charge in [0.2, 0.25) is 0 Å². The van der Waals surface area contributed by atoms with Gasteiger partial charge in [-0.25, -0.2) is 5.43 Å². The molecule has 0 aliphatic heterocycles. The number of hydrogen-bond donors (Lipinski definition) is 1. The number of amides is 1. The van der Waals surface area contributed by atoms with Crippen LogP contribution in [0, 0.1) is 0 Å². The molecular weight excluding hydrogens is 484 g/mol. The average molecular weight is 504 g/mol. The van der Waals surface area contributed by atoms with Gasteiger partial charge in [-0.3, -0.25) is 4.79 Å². The molecule has 1 amide bonds. The van der Waals surface area contributed by atoms with E-state index in [4.69, 9.17) is 25.8 Å². The Balaban J connectivity index is 1.59. The lowest BCUT2D eigenvalue weighted by atomic mass is 10.2. The molecule has 8 heteroatoms. The van der Waals surface area contributed by atoms with Crippen LogP contribution in [-0.4, -0.2) is 26.3 Å². The molecule has 0 aliphatic carbocycles. The Morgan fingerprint density at radius 1 is 1.00 bits per heavy atom. The van der Waals surface area contributed by atoms with Crippen molar-refractivity contribution in [3.8, 4) is 17.2 Å². The largest absolute Gasteiger partial charge is 0.493 e. The fourth-order valence-electron chi connectivity index (χ4n) is 2.66. The fourth-order valence-corrected chi connectivity index (χ4v) is 3.17. The number of methoxy groups -OCH3 is 2. The number of rotatable bonds is 8. The minimum absolute atomic E-state index is 0.377. The highest BCUT2D eigenvalue weighted by Gasteiger charge is 2.10. The van der Waals surface area contributed by atoms with Gasteiger partial charge in [-0.05, 0) is 59.7 Å². The van der Waals surface area contributed by atoms with Gasteiger partial charge in [0.25, 0.3) is 5.91 Å². The molecule has 1 N–H and O–H groups in total. The minimum atomic E-state index is -0.377. The minimum Gasteiger partial charge on any atom is -0.493 e. The van der Waals surface area contributed by atoms with E-state index in [1.165, 1.54) is 20.4 Å². The second-order valence-electron chi connectivity index (χ2n) is 6.37. The van der Waals surface area contributed by atoms with Crippen molar-refractivity contribution < 1.29 is 19.0 Å². The van der Waals surface area contributed by atoms with Crippen LogP contribution in [0.2, 0.25) is 5.02 Å². The molecule has 6 nitrogen and oxygen atoms in total. The molecule has 31 heavy (non-hydrogen) atoms. The maximum absolute atomic E-state index is 12.3. The fraction of sp³-hybridized carbons (Fsp3) is 0.130. The molecule has 0 bridgehead atoms. The van der Waals surface area contributed by atoms with Crippen molar-refractivity contribution in [3.05, 3.63) is 86.8 Å². The van der Waals surface area contributed by atoms with Gasteiger partial charge in [0, 0.05) is 10.0 Å². The molecule has 0 heterocycles. The van der Waals surface area contributed by atoms with E-state index < -0.39 is 0 Å². The highest BCUT2D eigenvalue weighted by atomic mass is 79.9. The van der Waals surface area contributed by atoms with Crippen molar-refractivity contribution in [2.24, 2.45) is 5.10 Å². The monoisotopic (exact) mass is 502 g/mol.